The fraction of sp³-hybridized carbons (Fsp3) is 0.714. The molecule has 4 saturated carbocycles. The van der Waals surface area contributed by atoms with E-state index in [1.54, 1.807) is 12.5 Å². The Hall–Kier alpha value is -0.760. The number of aliphatic hydroxyl groups is 1. The van der Waals surface area contributed by atoms with E-state index in [9.17, 15) is 5.11 Å². The second kappa shape index (κ2) is 2.92. The number of hydrogen-bond donors (Lipinski definition) is 1. The van der Waals surface area contributed by atoms with Crippen LogP contribution < -0.4 is 0 Å². The molecule has 1 aromatic rings. The molecule has 0 atom stereocenters. The average molecular weight is 218 g/mol. The largest absolute Gasteiger partial charge is 0.472 e. The van der Waals surface area contributed by atoms with E-state index >= 15 is 0 Å². The van der Waals surface area contributed by atoms with Gasteiger partial charge in [-0.05, 0) is 61.8 Å². The van der Waals surface area contributed by atoms with Crippen LogP contribution in [0.25, 0.3) is 0 Å². The highest BCUT2D eigenvalue weighted by Crippen LogP contribution is 2.61. The van der Waals surface area contributed by atoms with Crippen LogP contribution in [0, 0.1) is 23.7 Å². The van der Waals surface area contributed by atoms with Crippen LogP contribution in [0.15, 0.2) is 23.0 Å². The molecule has 2 heteroatoms. The lowest BCUT2D eigenvalue weighted by Crippen LogP contribution is -2.55. The Morgan fingerprint density at radius 2 is 1.69 bits per heavy atom. The Morgan fingerprint density at radius 1 is 1.06 bits per heavy atom. The molecule has 4 aliphatic carbocycles. The van der Waals surface area contributed by atoms with Crippen LogP contribution in [0.4, 0.5) is 0 Å². The molecular formula is C14H18O2. The van der Waals surface area contributed by atoms with Gasteiger partial charge in [0.25, 0.3) is 0 Å². The first-order valence-electron chi connectivity index (χ1n) is 6.52. The number of rotatable bonds is 1. The van der Waals surface area contributed by atoms with E-state index in [-0.39, 0.29) is 0 Å². The summed E-state index contributed by atoms with van der Waals surface area (Å²) in [6.07, 6.45) is 9.79. The Balaban J connectivity index is 1.79. The number of furan rings is 1. The van der Waals surface area contributed by atoms with Crippen molar-refractivity contribution >= 4 is 0 Å². The van der Waals surface area contributed by atoms with Crippen LogP contribution in [0.5, 0.6) is 0 Å². The van der Waals surface area contributed by atoms with E-state index < -0.39 is 5.60 Å². The van der Waals surface area contributed by atoms with Gasteiger partial charge in [0, 0.05) is 5.56 Å². The zero-order chi connectivity index (χ0) is 10.8. The molecule has 0 unspecified atom stereocenters. The maximum absolute atomic E-state index is 11.1. The Kier molecular flexibility index (Phi) is 1.69. The van der Waals surface area contributed by atoms with Gasteiger partial charge in [-0.3, -0.25) is 0 Å². The molecule has 0 amide bonds. The molecule has 16 heavy (non-hydrogen) atoms. The van der Waals surface area contributed by atoms with Crippen molar-refractivity contribution in [1.82, 2.24) is 0 Å². The van der Waals surface area contributed by atoms with Crippen molar-refractivity contribution in [3.05, 3.63) is 24.2 Å². The van der Waals surface area contributed by atoms with Gasteiger partial charge < -0.3 is 9.52 Å². The van der Waals surface area contributed by atoms with Gasteiger partial charge in [0.15, 0.2) is 0 Å². The minimum Gasteiger partial charge on any atom is -0.472 e. The summed E-state index contributed by atoms with van der Waals surface area (Å²) in [4.78, 5) is 0. The normalized spacial score (nSPS) is 49.8. The van der Waals surface area contributed by atoms with E-state index in [4.69, 9.17) is 4.42 Å². The van der Waals surface area contributed by atoms with Crippen molar-refractivity contribution in [2.75, 3.05) is 0 Å². The first-order chi connectivity index (χ1) is 7.77. The maximum Gasteiger partial charge on any atom is 0.0983 e. The molecule has 2 nitrogen and oxygen atoms in total. The zero-order valence-electron chi connectivity index (χ0n) is 9.43. The molecule has 1 aromatic heterocycles. The van der Waals surface area contributed by atoms with Crippen LogP contribution in [0.2, 0.25) is 0 Å². The third-order valence-electron chi connectivity index (χ3n) is 5.37. The van der Waals surface area contributed by atoms with E-state index in [1.807, 2.05) is 6.07 Å². The summed E-state index contributed by atoms with van der Waals surface area (Å²) in [5.41, 5.74) is 0.460. The van der Waals surface area contributed by atoms with Crippen molar-refractivity contribution in [2.45, 2.75) is 37.7 Å². The fourth-order valence-electron chi connectivity index (χ4n) is 4.87. The van der Waals surface area contributed by atoms with Gasteiger partial charge in [0.05, 0.1) is 18.1 Å². The summed E-state index contributed by atoms with van der Waals surface area (Å²) in [5.74, 6) is 2.77. The van der Waals surface area contributed by atoms with Gasteiger partial charge in [0.1, 0.15) is 0 Å². The lowest BCUT2D eigenvalue weighted by Gasteiger charge is -2.58. The Labute approximate surface area is 95.7 Å². The summed E-state index contributed by atoms with van der Waals surface area (Å²) in [6.45, 7) is 0. The molecule has 1 N–H and O–H groups in total. The van der Waals surface area contributed by atoms with Crippen molar-refractivity contribution in [3.8, 4) is 0 Å². The highest BCUT2D eigenvalue weighted by molar-refractivity contribution is 5.23. The van der Waals surface area contributed by atoms with E-state index in [0.29, 0.717) is 11.8 Å². The van der Waals surface area contributed by atoms with Gasteiger partial charge in [0.2, 0.25) is 0 Å². The van der Waals surface area contributed by atoms with Crippen LogP contribution in [-0.4, -0.2) is 5.11 Å². The topological polar surface area (TPSA) is 33.4 Å². The van der Waals surface area contributed by atoms with Crippen LogP contribution in [0.3, 0.4) is 0 Å². The van der Waals surface area contributed by atoms with Crippen molar-refractivity contribution in [2.24, 2.45) is 23.7 Å². The minimum atomic E-state index is -0.569. The molecule has 86 valence electrons. The van der Waals surface area contributed by atoms with E-state index in [1.165, 1.54) is 32.1 Å². The molecule has 0 spiro atoms. The van der Waals surface area contributed by atoms with Gasteiger partial charge in [-0.15, -0.1) is 0 Å². The highest BCUT2D eigenvalue weighted by Gasteiger charge is 2.57. The molecule has 0 aliphatic heterocycles. The molecule has 4 bridgehead atoms. The van der Waals surface area contributed by atoms with E-state index in [2.05, 4.69) is 0 Å². The quantitative estimate of drug-likeness (QED) is 0.786. The van der Waals surface area contributed by atoms with Crippen LogP contribution >= 0.6 is 0 Å². The molecule has 0 radical (unpaired) electrons. The monoisotopic (exact) mass is 218 g/mol. The molecule has 0 aromatic carbocycles. The molecule has 1 heterocycles. The standard InChI is InChI=1S/C14H18O2/c15-14(11-1-2-16-8-11)12-4-9-3-10(6-12)7-13(14)5-9/h1-2,8-10,12-13,15H,3-7H2. The second-order valence-corrected chi connectivity index (χ2v) is 6.14. The minimum absolute atomic E-state index is 0.487. The summed E-state index contributed by atoms with van der Waals surface area (Å²) >= 11 is 0. The lowest BCUT2D eigenvalue weighted by atomic mass is 9.49. The first kappa shape index (κ1) is 9.29. The Morgan fingerprint density at radius 3 is 2.19 bits per heavy atom. The molecule has 4 aliphatic rings. The first-order valence-corrected chi connectivity index (χ1v) is 6.52. The lowest BCUT2D eigenvalue weighted by molar-refractivity contribution is -0.179. The summed E-state index contributed by atoms with van der Waals surface area (Å²) in [6, 6.07) is 1.96. The fourth-order valence-corrected chi connectivity index (χ4v) is 4.87. The zero-order valence-corrected chi connectivity index (χ0v) is 9.43. The van der Waals surface area contributed by atoms with Crippen molar-refractivity contribution < 1.29 is 9.52 Å². The predicted molar refractivity (Wildman–Crippen MR) is 59.6 cm³/mol. The maximum atomic E-state index is 11.1. The van der Waals surface area contributed by atoms with Gasteiger partial charge in [-0.2, -0.15) is 0 Å². The second-order valence-electron chi connectivity index (χ2n) is 6.14. The van der Waals surface area contributed by atoms with Crippen molar-refractivity contribution in [1.29, 1.82) is 0 Å². The third-order valence-corrected chi connectivity index (χ3v) is 5.37. The summed E-state index contributed by atoms with van der Waals surface area (Å²) in [7, 11) is 0. The number of hydrogen-bond acceptors (Lipinski definition) is 2. The van der Waals surface area contributed by atoms with Crippen molar-refractivity contribution in [3.63, 3.8) is 0 Å². The summed E-state index contributed by atoms with van der Waals surface area (Å²) in [5, 5.41) is 11.1. The summed E-state index contributed by atoms with van der Waals surface area (Å²) < 4.78 is 5.18. The molecule has 5 rings (SSSR count). The van der Waals surface area contributed by atoms with Gasteiger partial charge >= 0.3 is 0 Å². The van der Waals surface area contributed by atoms with Gasteiger partial charge in [-0.1, -0.05) is 0 Å². The highest BCUT2D eigenvalue weighted by atomic mass is 16.3. The molecule has 4 fully saturated rings. The Bertz CT molecular complexity index is 365. The third kappa shape index (κ3) is 1.01. The SMILES string of the molecule is OC1(c2ccoc2)C2CC3CC(C2)CC1C3. The van der Waals surface area contributed by atoms with Gasteiger partial charge in [-0.25, -0.2) is 0 Å². The molecular weight excluding hydrogens is 200 g/mol. The predicted octanol–water partition coefficient (Wildman–Crippen LogP) is 2.92. The van der Waals surface area contributed by atoms with Crippen LogP contribution in [-0.2, 0) is 5.60 Å². The molecule has 0 saturated heterocycles. The average Bonchev–Trinajstić information content (AvgIpc) is 2.78. The van der Waals surface area contributed by atoms with E-state index in [0.717, 1.165) is 17.4 Å². The smallest absolute Gasteiger partial charge is 0.0983 e. The van der Waals surface area contributed by atoms with Crippen LogP contribution in [0.1, 0.15) is 37.7 Å².